The first kappa shape index (κ1) is 20.7. The van der Waals surface area contributed by atoms with E-state index in [1.807, 2.05) is 60.7 Å². The highest BCUT2D eigenvalue weighted by Crippen LogP contribution is 2.29. The Kier molecular flexibility index (Phi) is 7.21. The van der Waals surface area contributed by atoms with Crippen molar-refractivity contribution < 1.29 is 23.9 Å². The molecule has 27 heavy (non-hydrogen) atoms. The van der Waals surface area contributed by atoms with E-state index in [0.717, 1.165) is 23.6 Å². The van der Waals surface area contributed by atoms with Crippen LogP contribution in [0.25, 0.3) is 17.2 Å². The lowest BCUT2D eigenvalue weighted by Crippen LogP contribution is -2.49. The molecular weight excluding hydrogens is 352 g/mol. The van der Waals surface area contributed by atoms with Crippen LogP contribution < -0.4 is 5.48 Å². The van der Waals surface area contributed by atoms with Gasteiger partial charge in [-0.15, -0.1) is 0 Å². The van der Waals surface area contributed by atoms with Crippen LogP contribution in [0.3, 0.4) is 0 Å². The summed E-state index contributed by atoms with van der Waals surface area (Å²) < 4.78 is 26.0. The highest BCUT2D eigenvalue weighted by atomic mass is 19.3. The third-order valence-corrected chi connectivity index (χ3v) is 4.52. The summed E-state index contributed by atoms with van der Waals surface area (Å²) in [7, 11) is 0. The summed E-state index contributed by atoms with van der Waals surface area (Å²) in [5, 5.41) is 18.6. The van der Waals surface area contributed by atoms with E-state index in [2.05, 4.69) is 0 Å². The molecule has 0 saturated heterocycles. The van der Waals surface area contributed by atoms with Gasteiger partial charge in [-0.25, -0.2) is 14.3 Å². The van der Waals surface area contributed by atoms with E-state index in [9.17, 15) is 18.7 Å². The van der Waals surface area contributed by atoms with Crippen LogP contribution in [-0.2, 0) is 4.79 Å². The maximum atomic E-state index is 13.0. The Morgan fingerprint density at radius 3 is 2.26 bits per heavy atom. The van der Waals surface area contributed by atoms with E-state index in [4.69, 9.17) is 5.21 Å². The molecule has 0 saturated carbocycles. The molecule has 6 heteroatoms. The second-order valence-corrected chi connectivity index (χ2v) is 6.52. The minimum atomic E-state index is -3.10. The number of benzene rings is 2. The molecule has 0 spiro atoms. The largest absolute Gasteiger partial charge is 0.383 e. The molecule has 4 nitrogen and oxygen atoms in total. The van der Waals surface area contributed by atoms with Crippen LogP contribution in [0.4, 0.5) is 8.78 Å². The van der Waals surface area contributed by atoms with Crippen LogP contribution in [0, 0.1) is 5.92 Å². The average Bonchev–Trinajstić information content (AvgIpc) is 2.68. The first-order valence-electron chi connectivity index (χ1n) is 8.62. The number of allylic oxidation sites excluding steroid dienone is 1. The molecule has 2 aromatic rings. The van der Waals surface area contributed by atoms with Gasteiger partial charge in [0, 0.05) is 0 Å². The van der Waals surface area contributed by atoms with Gasteiger partial charge >= 0.3 is 0 Å². The van der Waals surface area contributed by atoms with Gasteiger partial charge < -0.3 is 5.11 Å². The number of nitrogens with one attached hydrogen (secondary N) is 1. The smallest absolute Gasteiger partial charge is 0.267 e. The SMILES string of the molecule is CC(O)(C(F)F)C(CC/C=C/c1ccc(-c2ccccc2)cc1)C(=O)NO. The molecule has 3 N–H and O–H groups in total. The zero-order chi connectivity index (χ0) is 19.9. The molecule has 1 amide bonds. The molecule has 0 aliphatic rings. The Balaban J connectivity index is 1.98. The minimum Gasteiger partial charge on any atom is -0.383 e. The number of halogens is 2. The third-order valence-electron chi connectivity index (χ3n) is 4.52. The van der Waals surface area contributed by atoms with Gasteiger partial charge in [0.15, 0.2) is 0 Å². The molecule has 0 heterocycles. The molecule has 2 atom stereocenters. The van der Waals surface area contributed by atoms with Crippen LogP contribution in [0.1, 0.15) is 25.3 Å². The van der Waals surface area contributed by atoms with Crippen molar-refractivity contribution in [2.75, 3.05) is 0 Å². The number of hydrogen-bond acceptors (Lipinski definition) is 3. The molecule has 2 aromatic carbocycles. The van der Waals surface area contributed by atoms with Crippen molar-refractivity contribution in [1.82, 2.24) is 5.48 Å². The second-order valence-electron chi connectivity index (χ2n) is 6.52. The van der Waals surface area contributed by atoms with Gasteiger partial charge in [0.1, 0.15) is 5.60 Å². The zero-order valence-electron chi connectivity index (χ0n) is 15.0. The normalized spacial score (nSPS) is 14.9. The van der Waals surface area contributed by atoms with Gasteiger partial charge in [-0.05, 0) is 36.5 Å². The number of alkyl halides is 2. The maximum absolute atomic E-state index is 13.0. The number of carbonyl (C=O) groups is 1. The van der Waals surface area contributed by atoms with Crippen molar-refractivity contribution >= 4 is 12.0 Å². The van der Waals surface area contributed by atoms with Gasteiger partial charge in [0.25, 0.3) is 6.43 Å². The number of amides is 1. The molecule has 0 bridgehead atoms. The average molecular weight is 375 g/mol. The highest BCUT2D eigenvalue weighted by molar-refractivity contribution is 5.78. The molecule has 144 valence electrons. The van der Waals surface area contributed by atoms with E-state index in [1.165, 1.54) is 5.48 Å². The van der Waals surface area contributed by atoms with Crippen molar-refractivity contribution in [2.24, 2.45) is 5.92 Å². The fraction of sp³-hybridized carbons (Fsp3) is 0.286. The van der Waals surface area contributed by atoms with Crippen molar-refractivity contribution in [3.63, 3.8) is 0 Å². The Labute approximate surface area is 157 Å². The maximum Gasteiger partial charge on any atom is 0.267 e. The fourth-order valence-corrected chi connectivity index (χ4v) is 2.82. The van der Waals surface area contributed by atoms with Crippen molar-refractivity contribution in [3.05, 3.63) is 66.2 Å². The summed E-state index contributed by atoms with van der Waals surface area (Å²) in [6.45, 7) is 0.892. The van der Waals surface area contributed by atoms with Gasteiger partial charge in [-0.3, -0.25) is 10.0 Å². The van der Waals surface area contributed by atoms with E-state index in [-0.39, 0.29) is 6.42 Å². The molecule has 0 aliphatic heterocycles. The zero-order valence-corrected chi connectivity index (χ0v) is 15.0. The fourth-order valence-electron chi connectivity index (χ4n) is 2.82. The lowest BCUT2D eigenvalue weighted by atomic mass is 9.85. The van der Waals surface area contributed by atoms with E-state index in [0.29, 0.717) is 6.42 Å². The van der Waals surface area contributed by atoms with Gasteiger partial charge in [-0.2, -0.15) is 0 Å². The predicted molar refractivity (Wildman–Crippen MR) is 100 cm³/mol. The number of hydroxylamine groups is 1. The van der Waals surface area contributed by atoms with Gasteiger partial charge in [0.2, 0.25) is 5.91 Å². The molecule has 2 rings (SSSR count). The van der Waals surface area contributed by atoms with Crippen LogP contribution in [0.2, 0.25) is 0 Å². The standard InChI is InChI=1S/C21H23F2NO3/c1-21(26,20(22)23)18(19(25)24-27)10-6-5-7-15-11-13-17(14-12-15)16-8-3-2-4-9-16/h2-5,7-9,11-14,18,20,26-27H,6,10H2,1H3,(H,24,25)/b7-5+. The molecule has 0 fully saturated rings. The lowest BCUT2D eigenvalue weighted by Gasteiger charge is -2.30. The van der Waals surface area contributed by atoms with Crippen LogP contribution >= 0.6 is 0 Å². The van der Waals surface area contributed by atoms with E-state index in [1.54, 1.807) is 6.08 Å². The van der Waals surface area contributed by atoms with Crippen LogP contribution in [0.15, 0.2) is 60.7 Å². The predicted octanol–water partition coefficient (Wildman–Crippen LogP) is 4.28. The summed E-state index contributed by atoms with van der Waals surface area (Å²) in [4.78, 5) is 11.6. The minimum absolute atomic E-state index is 0.0255. The highest BCUT2D eigenvalue weighted by Gasteiger charge is 2.44. The van der Waals surface area contributed by atoms with Crippen molar-refractivity contribution in [1.29, 1.82) is 0 Å². The summed E-state index contributed by atoms with van der Waals surface area (Å²) in [6, 6.07) is 17.8. The summed E-state index contributed by atoms with van der Waals surface area (Å²) in [6.07, 6.45) is 0.731. The van der Waals surface area contributed by atoms with Crippen LogP contribution in [-0.4, -0.2) is 28.2 Å². The lowest BCUT2D eigenvalue weighted by molar-refractivity contribution is -0.159. The van der Waals surface area contributed by atoms with Gasteiger partial charge in [-0.1, -0.05) is 66.7 Å². The Morgan fingerprint density at radius 1 is 1.11 bits per heavy atom. The first-order valence-corrected chi connectivity index (χ1v) is 8.62. The summed E-state index contributed by atoms with van der Waals surface area (Å²) in [5.74, 6) is -2.45. The van der Waals surface area contributed by atoms with E-state index < -0.39 is 23.9 Å². The number of aliphatic hydroxyl groups is 1. The van der Waals surface area contributed by atoms with E-state index >= 15 is 0 Å². The monoisotopic (exact) mass is 375 g/mol. The van der Waals surface area contributed by atoms with Crippen molar-refractivity contribution in [3.8, 4) is 11.1 Å². The molecular formula is C21H23F2NO3. The van der Waals surface area contributed by atoms with Crippen LogP contribution in [0.5, 0.6) is 0 Å². The molecule has 0 aliphatic carbocycles. The topological polar surface area (TPSA) is 69.6 Å². The Bertz CT molecular complexity index is 759. The summed E-state index contributed by atoms with van der Waals surface area (Å²) >= 11 is 0. The molecule has 0 radical (unpaired) electrons. The van der Waals surface area contributed by atoms with Gasteiger partial charge in [0.05, 0.1) is 5.92 Å². The first-order chi connectivity index (χ1) is 12.9. The Morgan fingerprint density at radius 2 is 1.70 bits per heavy atom. The Hall–Kier alpha value is -2.57. The number of carbonyl (C=O) groups excluding carboxylic acids is 1. The molecule has 0 aromatic heterocycles. The number of hydrogen-bond donors (Lipinski definition) is 3. The summed E-state index contributed by atoms with van der Waals surface area (Å²) in [5.41, 5.74) is 1.96. The quantitative estimate of drug-likeness (QED) is 0.476. The molecule has 2 unspecified atom stereocenters. The van der Waals surface area contributed by atoms with Crippen molar-refractivity contribution in [2.45, 2.75) is 31.8 Å². The number of rotatable bonds is 8. The third kappa shape index (κ3) is 5.45. The second kappa shape index (κ2) is 9.39.